The molecule has 1 saturated heterocycles. The van der Waals surface area contributed by atoms with E-state index in [0.717, 1.165) is 30.4 Å². The summed E-state index contributed by atoms with van der Waals surface area (Å²) in [6, 6.07) is 5.32. The Hall–Kier alpha value is -1.71. The minimum atomic E-state index is -0.317. The van der Waals surface area contributed by atoms with Crippen LogP contribution in [-0.4, -0.2) is 26.2 Å². The molecule has 98 valence electrons. The predicted octanol–water partition coefficient (Wildman–Crippen LogP) is 2.29. The van der Waals surface area contributed by atoms with Crippen molar-refractivity contribution in [2.75, 3.05) is 30.8 Å². The SMILES string of the molecule is CCC1CCN(c2cc(C(=O)OC)ccc2N)C1. The number of hydrogen-bond donors (Lipinski definition) is 1. The van der Waals surface area contributed by atoms with Gasteiger partial charge in [-0.3, -0.25) is 0 Å². The third-order valence-electron chi connectivity index (χ3n) is 3.66. The van der Waals surface area contributed by atoms with Crippen LogP contribution in [0.4, 0.5) is 11.4 Å². The maximum absolute atomic E-state index is 11.5. The molecular weight excluding hydrogens is 228 g/mol. The molecule has 2 N–H and O–H groups in total. The summed E-state index contributed by atoms with van der Waals surface area (Å²) in [6.07, 6.45) is 2.38. The number of nitrogen functional groups attached to an aromatic ring is 1. The predicted molar refractivity (Wildman–Crippen MR) is 72.8 cm³/mol. The summed E-state index contributed by atoms with van der Waals surface area (Å²) in [7, 11) is 1.39. The van der Waals surface area contributed by atoms with E-state index in [1.807, 2.05) is 6.07 Å². The third kappa shape index (κ3) is 2.42. The average Bonchev–Trinajstić information content (AvgIpc) is 2.87. The summed E-state index contributed by atoms with van der Waals surface area (Å²) in [5.41, 5.74) is 8.24. The molecule has 0 aliphatic carbocycles. The van der Waals surface area contributed by atoms with Crippen LogP contribution in [0.25, 0.3) is 0 Å². The topological polar surface area (TPSA) is 55.6 Å². The fourth-order valence-corrected chi connectivity index (χ4v) is 2.45. The average molecular weight is 248 g/mol. The molecule has 1 aliphatic rings. The molecule has 2 rings (SSSR count). The maximum atomic E-state index is 11.5. The van der Waals surface area contributed by atoms with E-state index in [2.05, 4.69) is 11.8 Å². The zero-order valence-corrected chi connectivity index (χ0v) is 11.0. The highest BCUT2D eigenvalue weighted by molar-refractivity contribution is 5.92. The molecule has 4 heteroatoms. The van der Waals surface area contributed by atoms with Crippen molar-refractivity contribution >= 4 is 17.3 Å². The monoisotopic (exact) mass is 248 g/mol. The molecule has 0 radical (unpaired) electrons. The summed E-state index contributed by atoms with van der Waals surface area (Å²) in [6.45, 7) is 4.24. The van der Waals surface area contributed by atoms with E-state index in [0.29, 0.717) is 5.56 Å². The molecular formula is C14H20N2O2. The van der Waals surface area contributed by atoms with Gasteiger partial charge in [-0.2, -0.15) is 0 Å². The number of nitrogens with zero attached hydrogens (tertiary/aromatic N) is 1. The first-order valence-corrected chi connectivity index (χ1v) is 6.38. The van der Waals surface area contributed by atoms with Gasteiger partial charge in [-0.1, -0.05) is 13.3 Å². The van der Waals surface area contributed by atoms with Gasteiger partial charge in [-0.15, -0.1) is 0 Å². The van der Waals surface area contributed by atoms with Crippen molar-refractivity contribution in [3.63, 3.8) is 0 Å². The van der Waals surface area contributed by atoms with Crippen LogP contribution in [0.1, 0.15) is 30.1 Å². The molecule has 1 unspecified atom stereocenters. The Morgan fingerprint density at radius 3 is 2.94 bits per heavy atom. The molecule has 1 aromatic rings. The number of carbonyl (C=O) groups excluding carboxylic acids is 1. The van der Waals surface area contributed by atoms with Crippen molar-refractivity contribution in [3.8, 4) is 0 Å². The lowest BCUT2D eigenvalue weighted by molar-refractivity contribution is 0.0601. The number of esters is 1. The van der Waals surface area contributed by atoms with Gasteiger partial charge in [0, 0.05) is 13.1 Å². The zero-order valence-electron chi connectivity index (χ0n) is 11.0. The zero-order chi connectivity index (χ0) is 13.1. The smallest absolute Gasteiger partial charge is 0.337 e. The Morgan fingerprint density at radius 1 is 1.56 bits per heavy atom. The largest absolute Gasteiger partial charge is 0.465 e. The van der Waals surface area contributed by atoms with Gasteiger partial charge in [0.15, 0.2) is 0 Å². The number of nitrogens with two attached hydrogens (primary N) is 1. The van der Waals surface area contributed by atoms with Gasteiger partial charge in [-0.05, 0) is 30.5 Å². The second-order valence-electron chi connectivity index (χ2n) is 4.77. The number of methoxy groups -OCH3 is 1. The fraction of sp³-hybridized carbons (Fsp3) is 0.500. The van der Waals surface area contributed by atoms with Gasteiger partial charge in [0.05, 0.1) is 24.0 Å². The van der Waals surface area contributed by atoms with Crippen molar-refractivity contribution in [2.24, 2.45) is 5.92 Å². The normalized spacial score (nSPS) is 19.0. The molecule has 0 bridgehead atoms. The van der Waals surface area contributed by atoms with Crippen LogP contribution in [0.5, 0.6) is 0 Å². The van der Waals surface area contributed by atoms with Crippen LogP contribution >= 0.6 is 0 Å². The second kappa shape index (κ2) is 5.29. The van der Waals surface area contributed by atoms with E-state index in [9.17, 15) is 4.79 Å². The molecule has 1 atom stereocenters. The Balaban J connectivity index is 2.24. The molecule has 1 aromatic carbocycles. The maximum Gasteiger partial charge on any atom is 0.337 e. The Morgan fingerprint density at radius 2 is 2.33 bits per heavy atom. The van der Waals surface area contributed by atoms with E-state index in [1.54, 1.807) is 12.1 Å². The van der Waals surface area contributed by atoms with Crippen molar-refractivity contribution in [1.82, 2.24) is 0 Å². The molecule has 0 spiro atoms. The van der Waals surface area contributed by atoms with E-state index in [4.69, 9.17) is 10.5 Å². The number of ether oxygens (including phenoxy) is 1. The van der Waals surface area contributed by atoms with Crippen molar-refractivity contribution < 1.29 is 9.53 Å². The van der Waals surface area contributed by atoms with Gasteiger partial charge in [0.25, 0.3) is 0 Å². The molecule has 1 fully saturated rings. The highest BCUT2D eigenvalue weighted by atomic mass is 16.5. The van der Waals surface area contributed by atoms with Crippen LogP contribution in [0.2, 0.25) is 0 Å². The van der Waals surface area contributed by atoms with Gasteiger partial charge in [0.1, 0.15) is 0 Å². The minimum Gasteiger partial charge on any atom is -0.465 e. The Bertz CT molecular complexity index is 445. The van der Waals surface area contributed by atoms with E-state index in [1.165, 1.54) is 20.0 Å². The van der Waals surface area contributed by atoms with Crippen molar-refractivity contribution in [2.45, 2.75) is 19.8 Å². The van der Waals surface area contributed by atoms with E-state index >= 15 is 0 Å². The van der Waals surface area contributed by atoms with Gasteiger partial charge in [-0.25, -0.2) is 4.79 Å². The Labute approximate surface area is 108 Å². The summed E-state index contributed by atoms with van der Waals surface area (Å²) < 4.78 is 4.74. The van der Waals surface area contributed by atoms with Crippen LogP contribution < -0.4 is 10.6 Å². The first kappa shape index (κ1) is 12.7. The minimum absolute atomic E-state index is 0.317. The third-order valence-corrected chi connectivity index (χ3v) is 3.66. The molecule has 0 saturated carbocycles. The summed E-state index contributed by atoms with van der Waals surface area (Å²) in [5.74, 6) is 0.411. The highest BCUT2D eigenvalue weighted by Crippen LogP contribution is 2.30. The van der Waals surface area contributed by atoms with Gasteiger partial charge in [0.2, 0.25) is 0 Å². The van der Waals surface area contributed by atoms with Crippen LogP contribution in [0, 0.1) is 5.92 Å². The summed E-state index contributed by atoms with van der Waals surface area (Å²) >= 11 is 0. The first-order chi connectivity index (χ1) is 8.65. The number of rotatable bonds is 3. The van der Waals surface area contributed by atoms with E-state index < -0.39 is 0 Å². The molecule has 1 heterocycles. The molecule has 4 nitrogen and oxygen atoms in total. The number of carbonyl (C=O) groups is 1. The van der Waals surface area contributed by atoms with Crippen molar-refractivity contribution in [3.05, 3.63) is 23.8 Å². The molecule has 1 aliphatic heterocycles. The highest BCUT2D eigenvalue weighted by Gasteiger charge is 2.23. The van der Waals surface area contributed by atoms with Crippen LogP contribution in [0.15, 0.2) is 18.2 Å². The first-order valence-electron chi connectivity index (χ1n) is 6.38. The number of benzene rings is 1. The summed E-state index contributed by atoms with van der Waals surface area (Å²) in [5, 5.41) is 0. The molecule has 0 amide bonds. The standard InChI is InChI=1S/C14H20N2O2/c1-3-10-6-7-16(9-10)13-8-11(14(17)18-2)4-5-12(13)15/h4-5,8,10H,3,6-7,9,15H2,1-2H3. The lowest BCUT2D eigenvalue weighted by Crippen LogP contribution is -2.21. The quantitative estimate of drug-likeness (QED) is 0.658. The van der Waals surface area contributed by atoms with Crippen molar-refractivity contribution in [1.29, 1.82) is 0 Å². The number of hydrogen-bond acceptors (Lipinski definition) is 4. The number of anilines is 2. The van der Waals surface area contributed by atoms with Crippen LogP contribution in [-0.2, 0) is 4.74 Å². The van der Waals surface area contributed by atoms with Gasteiger partial charge < -0.3 is 15.4 Å². The second-order valence-corrected chi connectivity index (χ2v) is 4.77. The summed E-state index contributed by atoms with van der Waals surface area (Å²) in [4.78, 5) is 13.8. The Kier molecular flexibility index (Phi) is 3.75. The fourth-order valence-electron chi connectivity index (χ4n) is 2.45. The van der Waals surface area contributed by atoms with Crippen LogP contribution in [0.3, 0.4) is 0 Å². The van der Waals surface area contributed by atoms with Gasteiger partial charge >= 0.3 is 5.97 Å². The lowest BCUT2D eigenvalue weighted by Gasteiger charge is -2.21. The van der Waals surface area contributed by atoms with E-state index in [-0.39, 0.29) is 5.97 Å². The lowest BCUT2D eigenvalue weighted by atomic mass is 10.1. The molecule has 18 heavy (non-hydrogen) atoms. The molecule has 0 aromatic heterocycles.